The molecule has 0 saturated carbocycles. The number of hydrogen-bond acceptors (Lipinski definition) is 3. The van der Waals surface area contributed by atoms with Gasteiger partial charge in [-0.2, -0.15) is 0 Å². The number of aliphatic hydroxyl groups excluding tert-OH is 1. The zero-order chi connectivity index (χ0) is 6.85. The van der Waals surface area contributed by atoms with Crippen LogP contribution in [0.1, 0.15) is 0 Å². The number of urea groups is 1. The topological polar surface area (TPSA) is 85.2 Å². The van der Waals surface area contributed by atoms with Gasteiger partial charge in [-0.25, -0.2) is 4.79 Å². The van der Waals surface area contributed by atoms with Crippen LogP contribution in [0.2, 0.25) is 0 Å². The van der Waals surface area contributed by atoms with Gasteiger partial charge in [0.05, 0.1) is 6.61 Å². The van der Waals surface area contributed by atoms with Crippen molar-refractivity contribution < 1.29 is 9.90 Å². The highest BCUT2D eigenvalue weighted by atomic mass is 16.3. The fourth-order valence-electron chi connectivity index (χ4n) is 0.613. The van der Waals surface area contributed by atoms with E-state index in [-0.39, 0.29) is 12.4 Å². The third kappa shape index (κ3) is 0.996. The Hall–Kier alpha value is -1.10. The lowest BCUT2D eigenvalue weighted by atomic mass is 10.3. The number of carbonyl (C=O) groups is 1. The third-order valence-corrected chi connectivity index (χ3v) is 1.08. The normalized spacial score (nSPS) is 25.7. The van der Waals surface area contributed by atoms with Crippen molar-refractivity contribution in [2.45, 2.75) is 6.04 Å². The van der Waals surface area contributed by atoms with Gasteiger partial charge < -0.3 is 10.4 Å². The lowest BCUT2D eigenvalue weighted by molar-refractivity contribution is 0.240. The Balaban J connectivity index is 2.58. The highest BCUT2D eigenvalue weighted by Crippen LogP contribution is 1.89. The van der Waals surface area contributed by atoms with E-state index in [1.165, 1.54) is 0 Å². The fraction of sp³-hybridized carbons (Fsp3) is 0.500. The molecule has 5 nitrogen and oxygen atoms in total. The van der Waals surface area contributed by atoms with Crippen LogP contribution in [0.25, 0.3) is 0 Å². The predicted molar refractivity (Wildman–Crippen MR) is 30.3 cm³/mol. The van der Waals surface area contributed by atoms with E-state index >= 15 is 0 Å². The molecule has 1 heterocycles. The minimum atomic E-state index is -0.530. The summed E-state index contributed by atoms with van der Waals surface area (Å²) in [4.78, 5) is 10.3. The summed E-state index contributed by atoms with van der Waals surface area (Å²) in [7, 11) is 0. The second kappa shape index (κ2) is 2.02. The molecule has 4 N–H and O–H groups in total. The maximum Gasteiger partial charge on any atom is 0.320 e. The molecule has 2 amide bonds. The molecule has 0 aliphatic carbocycles. The van der Waals surface area contributed by atoms with E-state index in [9.17, 15) is 4.79 Å². The third-order valence-electron chi connectivity index (χ3n) is 1.08. The number of amidine groups is 1. The van der Waals surface area contributed by atoms with Crippen LogP contribution < -0.4 is 10.6 Å². The van der Waals surface area contributed by atoms with Crippen LogP contribution >= 0.6 is 0 Å². The first-order valence-electron chi connectivity index (χ1n) is 2.51. The van der Waals surface area contributed by atoms with Crippen LogP contribution in [0, 0.1) is 5.41 Å². The van der Waals surface area contributed by atoms with Crippen molar-refractivity contribution in [1.82, 2.24) is 10.6 Å². The summed E-state index contributed by atoms with van der Waals surface area (Å²) in [5.41, 5.74) is 0. The Morgan fingerprint density at radius 1 is 1.78 bits per heavy atom. The molecule has 0 aromatic rings. The van der Waals surface area contributed by atoms with E-state index in [4.69, 9.17) is 10.5 Å². The average molecular weight is 129 g/mol. The van der Waals surface area contributed by atoms with Crippen LogP contribution in [0.4, 0.5) is 4.79 Å². The summed E-state index contributed by atoms with van der Waals surface area (Å²) in [5, 5.41) is 20.0. The van der Waals surface area contributed by atoms with Crippen molar-refractivity contribution in [1.29, 1.82) is 5.41 Å². The molecule has 9 heavy (non-hydrogen) atoms. The van der Waals surface area contributed by atoms with E-state index in [0.29, 0.717) is 0 Å². The number of hydrogen-bond donors (Lipinski definition) is 4. The zero-order valence-electron chi connectivity index (χ0n) is 4.64. The van der Waals surface area contributed by atoms with Crippen LogP contribution in [-0.2, 0) is 0 Å². The minimum Gasteiger partial charge on any atom is -0.394 e. The van der Waals surface area contributed by atoms with Crippen molar-refractivity contribution in [3.05, 3.63) is 0 Å². The van der Waals surface area contributed by atoms with Crippen LogP contribution in [0.15, 0.2) is 0 Å². The van der Waals surface area contributed by atoms with Crippen molar-refractivity contribution >= 4 is 11.9 Å². The van der Waals surface area contributed by atoms with Crippen LogP contribution in [0.3, 0.4) is 0 Å². The number of amides is 2. The Morgan fingerprint density at radius 3 is 2.67 bits per heavy atom. The number of aliphatic hydroxyl groups is 1. The summed E-state index contributed by atoms with van der Waals surface area (Å²) in [6, 6.07) is -0.948. The van der Waals surface area contributed by atoms with Crippen LogP contribution in [-0.4, -0.2) is 29.6 Å². The SMILES string of the molecule is N=C1NC(=O)NC1CO. The van der Waals surface area contributed by atoms with Crippen LogP contribution in [0.5, 0.6) is 0 Å². The molecule has 1 fully saturated rings. The Labute approximate surface area is 51.6 Å². The molecular weight excluding hydrogens is 122 g/mol. The summed E-state index contributed by atoms with van der Waals surface area (Å²) < 4.78 is 0. The van der Waals surface area contributed by atoms with Gasteiger partial charge in [0.25, 0.3) is 0 Å². The summed E-state index contributed by atoms with van der Waals surface area (Å²) in [6.07, 6.45) is 0. The first-order valence-corrected chi connectivity index (χ1v) is 2.51. The quantitative estimate of drug-likeness (QED) is 0.352. The second-order valence-corrected chi connectivity index (χ2v) is 1.75. The van der Waals surface area contributed by atoms with Crippen molar-refractivity contribution in [3.63, 3.8) is 0 Å². The molecule has 1 rings (SSSR count). The molecule has 1 aliphatic heterocycles. The number of nitrogens with one attached hydrogen (secondary N) is 3. The highest BCUT2D eigenvalue weighted by molar-refractivity contribution is 6.05. The highest BCUT2D eigenvalue weighted by Gasteiger charge is 2.24. The molecule has 5 heteroatoms. The minimum absolute atomic E-state index is 0.0301. The Kier molecular flexibility index (Phi) is 1.35. The molecule has 1 atom stereocenters. The summed E-state index contributed by atoms with van der Waals surface area (Å²) in [6.45, 7) is -0.225. The van der Waals surface area contributed by atoms with E-state index < -0.39 is 12.1 Å². The summed E-state index contributed by atoms with van der Waals surface area (Å²) in [5.74, 6) is 0.0301. The first kappa shape index (κ1) is 6.03. The molecule has 0 bridgehead atoms. The second-order valence-electron chi connectivity index (χ2n) is 1.75. The van der Waals surface area contributed by atoms with Gasteiger partial charge in [0.2, 0.25) is 0 Å². The number of carbonyl (C=O) groups excluding carboxylic acids is 1. The first-order chi connectivity index (χ1) is 4.24. The van der Waals surface area contributed by atoms with Crippen molar-refractivity contribution in [2.24, 2.45) is 0 Å². The van der Waals surface area contributed by atoms with Gasteiger partial charge in [-0.1, -0.05) is 0 Å². The van der Waals surface area contributed by atoms with Gasteiger partial charge in [-0.05, 0) is 0 Å². The van der Waals surface area contributed by atoms with E-state index in [0.717, 1.165) is 0 Å². The van der Waals surface area contributed by atoms with Gasteiger partial charge in [0.15, 0.2) is 0 Å². The molecule has 1 unspecified atom stereocenters. The average Bonchev–Trinajstić information content (AvgIpc) is 2.10. The van der Waals surface area contributed by atoms with Crippen molar-refractivity contribution in [3.8, 4) is 0 Å². The molecular formula is C4H7N3O2. The van der Waals surface area contributed by atoms with Gasteiger partial charge in [-0.3, -0.25) is 10.7 Å². The van der Waals surface area contributed by atoms with Gasteiger partial charge in [0, 0.05) is 0 Å². The van der Waals surface area contributed by atoms with E-state index in [2.05, 4.69) is 10.6 Å². The Morgan fingerprint density at radius 2 is 2.44 bits per heavy atom. The summed E-state index contributed by atoms with van der Waals surface area (Å²) >= 11 is 0. The smallest absolute Gasteiger partial charge is 0.320 e. The zero-order valence-corrected chi connectivity index (χ0v) is 4.64. The molecule has 1 aliphatic rings. The monoisotopic (exact) mass is 129 g/mol. The van der Waals surface area contributed by atoms with E-state index in [1.54, 1.807) is 0 Å². The lowest BCUT2D eigenvalue weighted by Crippen LogP contribution is -2.31. The molecule has 0 aromatic carbocycles. The maximum atomic E-state index is 10.3. The van der Waals surface area contributed by atoms with Crippen molar-refractivity contribution in [2.75, 3.05) is 6.61 Å². The maximum absolute atomic E-state index is 10.3. The lowest BCUT2D eigenvalue weighted by Gasteiger charge is -2.00. The molecule has 1 saturated heterocycles. The standard InChI is InChI=1S/C4H7N3O2/c5-3-2(1-8)6-4(9)7-3/h2,8H,1H2,(H3,5,6,7,9). The fourth-order valence-corrected chi connectivity index (χ4v) is 0.613. The molecule has 0 radical (unpaired) electrons. The number of rotatable bonds is 1. The largest absolute Gasteiger partial charge is 0.394 e. The predicted octanol–water partition coefficient (Wildman–Crippen LogP) is -1.36. The van der Waals surface area contributed by atoms with Gasteiger partial charge >= 0.3 is 6.03 Å². The molecule has 0 spiro atoms. The van der Waals surface area contributed by atoms with Gasteiger partial charge in [0.1, 0.15) is 11.9 Å². The van der Waals surface area contributed by atoms with E-state index in [1.807, 2.05) is 0 Å². The molecule has 0 aromatic heterocycles. The molecule has 50 valence electrons. The van der Waals surface area contributed by atoms with Gasteiger partial charge in [-0.15, -0.1) is 0 Å². The Bertz CT molecular complexity index is 156.